The van der Waals surface area contributed by atoms with E-state index in [-0.39, 0.29) is 11.3 Å². The van der Waals surface area contributed by atoms with Gasteiger partial charge in [-0.1, -0.05) is 60.7 Å². The zero-order chi connectivity index (χ0) is 18.6. The van der Waals surface area contributed by atoms with Crippen LogP contribution in [0.25, 0.3) is 0 Å². The van der Waals surface area contributed by atoms with Crippen LogP contribution in [0.2, 0.25) is 0 Å². The molecule has 0 spiro atoms. The lowest BCUT2D eigenvalue weighted by Gasteiger charge is -2.20. The van der Waals surface area contributed by atoms with Gasteiger partial charge >= 0.3 is 6.18 Å². The topological polar surface area (TPSA) is 29.1 Å². The van der Waals surface area contributed by atoms with Crippen molar-refractivity contribution in [1.82, 2.24) is 0 Å². The fourth-order valence-electron chi connectivity index (χ4n) is 2.64. The Morgan fingerprint density at radius 2 is 1.31 bits per heavy atom. The first kappa shape index (κ1) is 17.7. The van der Waals surface area contributed by atoms with Gasteiger partial charge in [-0.3, -0.25) is 4.79 Å². The highest BCUT2D eigenvalue weighted by Gasteiger charge is 2.30. The summed E-state index contributed by atoms with van der Waals surface area (Å²) in [5.41, 5.74) is 0.930. The first-order chi connectivity index (χ1) is 12.4. The van der Waals surface area contributed by atoms with Crippen LogP contribution in [0.1, 0.15) is 27.5 Å². The van der Waals surface area contributed by atoms with E-state index in [0.29, 0.717) is 0 Å². The van der Waals surface area contributed by atoms with Crippen molar-refractivity contribution in [3.63, 3.8) is 0 Å². The number of para-hydroxylation sites is 1. The van der Waals surface area contributed by atoms with Crippen molar-refractivity contribution in [2.45, 2.75) is 12.2 Å². The summed E-state index contributed by atoms with van der Waals surface area (Å²) in [7, 11) is 0. The number of halogens is 3. The standard InChI is InChI=1S/C21H16F3NO/c22-21(23,24)17-13-11-16(12-14-17)20(26)19(15-7-3-1-4-8-15)25-18-9-5-2-6-10-18/h1-14,19,25H/t19-/m1/s1. The first-order valence-corrected chi connectivity index (χ1v) is 8.03. The number of alkyl halides is 3. The average molecular weight is 355 g/mol. The Hall–Kier alpha value is -3.08. The molecule has 1 N–H and O–H groups in total. The van der Waals surface area contributed by atoms with E-state index in [1.54, 1.807) is 0 Å². The molecule has 26 heavy (non-hydrogen) atoms. The van der Waals surface area contributed by atoms with E-state index >= 15 is 0 Å². The van der Waals surface area contributed by atoms with Crippen LogP contribution in [-0.2, 0) is 6.18 Å². The van der Waals surface area contributed by atoms with E-state index in [9.17, 15) is 18.0 Å². The summed E-state index contributed by atoms with van der Waals surface area (Å²) in [5, 5.41) is 3.17. The molecule has 3 aromatic rings. The largest absolute Gasteiger partial charge is 0.416 e. The number of hydrogen-bond acceptors (Lipinski definition) is 2. The summed E-state index contributed by atoms with van der Waals surface area (Å²) in [4.78, 5) is 13.0. The maximum Gasteiger partial charge on any atom is 0.416 e. The molecule has 2 nitrogen and oxygen atoms in total. The predicted octanol–water partition coefficient (Wildman–Crippen LogP) is 5.74. The highest BCUT2D eigenvalue weighted by atomic mass is 19.4. The molecule has 0 unspecified atom stereocenters. The van der Waals surface area contributed by atoms with Gasteiger partial charge in [-0.05, 0) is 29.8 Å². The van der Waals surface area contributed by atoms with Crippen molar-refractivity contribution in [1.29, 1.82) is 0 Å². The van der Waals surface area contributed by atoms with Crippen molar-refractivity contribution < 1.29 is 18.0 Å². The predicted molar refractivity (Wildman–Crippen MR) is 95.0 cm³/mol. The van der Waals surface area contributed by atoms with Gasteiger partial charge in [-0.2, -0.15) is 13.2 Å². The maximum absolute atomic E-state index is 13.0. The quantitative estimate of drug-likeness (QED) is 0.591. The second kappa shape index (κ2) is 7.44. The smallest absolute Gasteiger partial charge is 0.371 e. The van der Waals surface area contributed by atoms with Gasteiger partial charge in [0.2, 0.25) is 0 Å². The second-order valence-electron chi connectivity index (χ2n) is 5.79. The van der Waals surface area contributed by atoms with Crippen LogP contribution >= 0.6 is 0 Å². The van der Waals surface area contributed by atoms with Crippen LogP contribution in [0.4, 0.5) is 18.9 Å². The Morgan fingerprint density at radius 3 is 1.85 bits per heavy atom. The van der Waals surface area contributed by atoms with E-state index in [4.69, 9.17) is 0 Å². The molecule has 1 atom stereocenters. The normalized spacial score (nSPS) is 12.4. The highest BCUT2D eigenvalue weighted by molar-refractivity contribution is 6.02. The van der Waals surface area contributed by atoms with E-state index in [1.165, 1.54) is 12.1 Å². The van der Waals surface area contributed by atoms with E-state index in [1.807, 2.05) is 60.7 Å². The summed E-state index contributed by atoms with van der Waals surface area (Å²) in [5.74, 6) is -0.297. The highest BCUT2D eigenvalue weighted by Crippen LogP contribution is 2.30. The number of ketones is 1. The lowest BCUT2D eigenvalue weighted by atomic mass is 9.96. The molecule has 0 aromatic heterocycles. The van der Waals surface area contributed by atoms with Gasteiger partial charge in [0.1, 0.15) is 6.04 Å². The summed E-state index contributed by atoms with van der Waals surface area (Å²) >= 11 is 0. The van der Waals surface area contributed by atoms with Gasteiger partial charge in [0.25, 0.3) is 0 Å². The zero-order valence-corrected chi connectivity index (χ0v) is 13.7. The molecule has 132 valence electrons. The molecule has 0 aliphatic rings. The molecule has 0 amide bonds. The third-order valence-electron chi connectivity index (χ3n) is 3.98. The molecule has 0 saturated heterocycles. The van der Waals surface area contributed by atoms with Crippen LogP contribution < -0.4 is 5.32 Å². The molecular weight excluding hydrogens is 339 g/mol. The molecule has 0 radical (unpaired) electrons. The van der Waals surface area contributed by atoms with Crippen molar-refractivity contribution in [2.24, 2.45) is 0 Å². The van der Waals surface area contributed by atoms with Crippen LogP contribution in [0.5, 0.6) is 0 Å². The number of benzene rings is 3. The summed E-state index contributed by atoms with van der Waals surface area (Å²) in [6, 6.07) is 21.9. The van der Waals surface area contributed by atoms with E-state index < -0.39 is 17.8 Å². The molecule has 0 saturated carbocycles. The van der Waals surface area contributed by atoms with Crippen LogP contribution in [-0.4, -0.2) is 5.78 Å². The zero-order valence-electron chi connectivity index (χ0n) is 13.7. The van der Waals surface area contributed by atoms with Gasteiger partial charge in [-0.15, -0.1) is 0 Å². The van der Waals surface area contributed by atoms with Crippen LogP contribution in [0.3, 0.4) is 0 Å². The van der Waals surface area contributed by atoms with Gasteiger partial charge in [0, 0.05) is 11.3 Å². The second-order valence-corrected chi connectivity index (χ2v) is 5.79. The van der Waals surface area contributed by atoms with Crippen molar-refractivity contribution in [3.05, 3.63) is 102 Å². The van der Waals surface area contributed by atoms with Gasteiger partial charge in [0.15, 0.2) is 5.78 Å². The number of Topliss-reactive ketones (excluding diaryl/α,β-unsaturated/α-hetero) is 1. The Kier molecular flexibility index (Phi) is 5.07. The SMILES string of the molecule is O=C(c1ccc(C(F)(F)F)cc1)[C@H](Nc1ccccc1)c1ccccc1. The molecule has 0 bridgehead atoms. The maximum atomic E-state index is 13.0. The van der Waals surface area contributed by atoms with Gasteiger partial charge < -0.3 is 5.32 Å². The minimum Gasteiger partial charge on any atom is -0.371 e. The Balaban J connectivity index is 1.92. The van der Waals surface area contributed by atoms with Crippen molar-refractivity contribution in [3.8, 4) is 0 Å². The lowest BCUT2D eigenvalue weighted by molar-refractivity contribution is -0.137. The minimum atomic E-state index is -4.43. The molecule has 0 aliphatic carbocycles. The molecular formula is C21H16F3NO. The fraction of sp³-hybridized carbons (Fsp3) is 0.0952. The fourth-order valence-corrected chi connectivity index (χ4v) is 2.64. The monoisotopic (exact) mass is 355 g/mol. The molecule has 3 rings (SSSR count). The van der Waals surface area contributed by atoms with Crippen molar-refractivity contribution in [2.75, 3.05) is 5.32 Å². The third kappa shape index (κ3) is 4.11. The average Bonchev–Trinajstić information content (AvgIpc) is 2.66. The van der Waals surface area contributed by atoms with E-state index in [0.717, 1.165) is 23.4 Å². The third-order valence-corrected chi connectivity index (χ3v) is 3.98. The minimum absolute atomic E-state index is 0.218. The number of nitrogens with one attached hydrogen (secondary N) is 1. The van der Waals surface area contributed by atoms with E-state index in [2.05, 4.69) is 5.32 Å². The van der Waals surface area contributed by atoms with Gasteiger partial charge in [-0.25, -0.2) is 0 Å². The Morgan fingerprint density at radius 1 is 0.769 bits per heavy atom. The summed E-state index contributed by atoms with van der Waals surface area (Å²) in [6.07, 6.45) is -4.43. The Labute approximate surface area is 149 Å². The van der Waals surface area contributed by atoms with Gasteiger partial charge in [0.05, 0.1) is 5.56 Å². The number of rotatable bonds is 5. The Bertz CT molecular complexity index is 859. The number of anilines is 1. The number of hydrogen-bond donors (Lipinski definition) is 1. The number of carbonyl (C=O) groups is 1. The summed E-state index contributed by atoms with van der Waals surface area (Å²) < 4.78 is 38.2. The molecule has 0 fully saturated rings. The lowest BCUT2D eigenvalue weighted by Crippen LogP contribution is -2.21. The molecule has 0 heterocycles. The number of carbonyl (C=O) groups excluding carboxylic acids is 1. The van der Waals surface area contributed by atoms with Crippen LogP contribution in [0.15, 0.2) is 84.9 Å². The first-order valence-electron chi connectivity index (χ1n) is 8.03. The van der Waals surface area contributed by atoms with Crippen molar-refractivity contribution >= 4 is 11.5 Å². The molecule has 3 aromatic carbocycles. The molecule has 0 aliphatic heterocycles. The molecule has 5 heteroatoms. The summed E-state index contributed by atoms with van der Waals surface area (Å²) in [6.45, 7) is 0. The van der Waals surface area contributed by atoms with Crippen LogP contribution in [0, 0.1) is 0 Å².